The quantitative estimate of drug-likeness (QED) is 0.156. The predicted octanol–water partition coefficient (Wildman–Crippen LogP) is 6.62. The molecule has 0 aliphatic rings. The van der Waals surface area contributed by atoms with E-state index in [-0.39, 0.29) is 20.5 Å². The van der Waals surface area contributed by atoms with Crippen molar-refractivity contribution in [2.75, 3.05) is 17.2 Å². The Bertz CT molecular complexity index is 2050. The number of hydrogen-bond donors (Lipinski definition) is 3. The predicted molar refractivity (Wildman–Crippen MR) is 171 cm³/mol. The van der Waals surface area contributed by atoms with Gasteiger partial charge in [0, 0.05) is 27.5 Å². The van der Waals surface area contributed by atoms with Crippen LogP contribution in [0.15, 0.2) is 76.7 Å². The highest BCUT2D eigenvalue weighted by Gasteiger charge is 2.37. The van der Waals surface area contributed by atoms with Gasteiger partial charge in [0.05, 0.1) is 23.0 Å². The van der Waals surface area contributed by atoms with Crippen LogP contribution in [0.5, 0.6) is 0 Å². The number of pyridine rings is 4. The molecule has 0 bridgehead atoms. The van der Waals surface area contributed by atoms with Crippen LogP contribution in [0.2, 0.25) is 0 Å². The summed E-state index contributed by atoms with van der Waals surface area (Å²) in [5, 5.41) is 19.7. The number of halogens is 14. The Kier molecular flexibility index (Phi) is 14.0. The van der Waals surface area contributed by atoms with E-state index in [4.69, 9.17) is 17.2 Å². The van der Waals surface area contributed by atoms with Gasteiger partial charge in [0.2, 0.25) is 0 Å². The Hall–Kier alpha value is -5.74. The van der Waals surface area contributed by atoms with Crippen molar-refractivity contribution in [3.05, 3.63) is 99.0 Å². The number of nitrogens with two attached hydrogens (primary N) is 3. The van der Waals surface area contributed by atoms with Gasteiger partial charge in [0.25, 0.3) is 0 Å². The molecular formula is C26H17Br2F12N15. The Morgan fingerprint density at radius 1 is 0.509 bits per heavy atom. The minimum absolute atomic E-state index is 0.0795. The summed E-state index contributed by atoms with van der Waals surface area (Å²) < 4.78 is 150. The van der Waals surface area contributed by atoms with Gasteiger partial charge in [-0.15, -0.1) is 10.2 Å². The molecule has 29 heteroatoms. The number of nitrogen functional groups attached to an aromatic ring is 3. The van der Waals surface area contributed by atoms with E-state index in [2.05, 4.69) is 82.8 Å². The number of anilines is 3. The van der Waals surface area contributed by atoms with Gasteiger partial charge in [-0.1, -0.05) is 0 Å². The van der Waals surface area contributed by atoms with Crippen LogP contribution in [-0.4, -0.2) is 60.4 Å². The topological polar surface area (TPSA) is 217 Å². The summed E-state index contributed by atoms with van der Waals surface area (Å²) in [5.74, 6) is -1.77. The summed E-state index contributed by atoms with van der Waals surface area (Å²) in [6.07, 6.45) is -11.1. The Morgan fingerprint density at radius 2 is 0.927 bits per heavy atom. The van der Waals surface area contributed by atoms with Crippen LogP contribution in [0.25, 0.3) is 11.6 Å². The number of tetrazole rings is 2. The first-order valence-electron chi connectivity index (χ1n) is 13.7. The number of nitrogens with zero attached hydrogens (tertiary/aromatic N) is 12. The van der Waals surface area contributed by atoms with E-state index in [1.54, 1.807) is 0 Å². The normalized spacial score (nSPS) is 11.7. The molecule has 0 aliphatic heterocycles. The smallest absolute Gasteiger partial charge is 0.397 e. The second-order valence-corrected chi connectivity index (χ2v) is 11.5. The Balaban J connectivity index is 0.000000200. The number of alkyl halides is 12. The Morgan fingerprint density at radius 3 is 1.33 bits per heavy atom. The molecule has 0 saturated carbocycles. The molecule has 6 heterocycles. The van der Waals surface area contributed by atoms with Crippen LogP contribution in [0.1, 0.15) is 22.3 Å². The standard InChI is InChI=1S/C7H3BrF3N5.C7H5F3N6.C6H4BrF3N2.C6H5F3N2/c8-4-1-5(7(9,10)11)6(12-2-4)16-3-13-14-15-16;8-7(9,10)5-1-4(11)2-12-6(5)16-3-13-14-15-16;7-3-1-4(6(8,9)10)5(11)12-2-3;7-6(8,9)4-2-1-3-11-5(4)10/h1-3H;1-3H,11H2;1-2H,(H2,11,12);1-3H,(H2,10,11). The maximum atomic E-state index is 12.7. The lowest BCUT2D eigenvalue weighted by Crippen LogP contribution is -2.13. The molecule has 0 amide bonds. The zero-order valence-electron chi connectivity index (χ0n) is 26.2. The minimum atomic E-state index is -4.57. The van der Waals surface area contributed by atoms with Gasteiger partial charge >= 0.3 is 24.7 Å². The number of rotatable bonds is 2. The van der Waals surface area contributed by atoms with E-state index in [1.807, 2.05) is 0 Å². The first-order valence-corrected chi connectivity index (χ1v) is 15.3. The van der Waals surface area contributed by atoms with E-state index >= 15 is 0 Å². The second kappa shape index (κ2) is 17.6. The van der Waals surface area contributed by atoms with E-state index in [0.717, 1.165) is 52.5 Å². The molecule has 0 atom stereocenters. The highest BCUT2D eigenvalue weighted by atomic mass is 79.9. The van der Waals surface area contributed by atoms with E-state index in [0.29, 0.717) is 0 Å². The zero-order chi connectivity index (χ0) is 41.4. The summed E-state index contributed by atoms with van der Waals surface area (Å²) >= 11 is 5.80. The lowest BCUT2D eigenvalue weighted by atomic mass is 10.2. The maximum absolute atomic E-state index is 12.7. The molecule has 6 aromatic heterocycles. The third-order valence-electron chi connectivity index (χ3n) is 5.80. The van der Waals surface area contributed by atoms with Gasteiger partial charge in [0.1, 0.15) is 35.4 Å². The van der Waals surface area contributed by atoms with Crippen molar-refractivity contribution >= 4 is 49.2 Å². The fraction of sp³-hybridized carbons (Fsp3) is 0.154. The van der Waals surface area contributed by atoms with Gasteiger partial charge in [-0.25, -0.2) is 19.9 Å². The molecule has 6 rings (SSSR count). The van der Waals surface area contributed by atoms with Gasteiger partial charge in [-0.3, -0.25) is 0 Å². The molecule has 15 nitrogen and oxygen atoms in total. The lowest BCUT2D eigenvalue weighted by molar-refractivity contribution is -0.138. The molecule has 0 radical (unpaired) electrons. The molecule has 6 aromatic rings. The molecule has 294 valence electrons. The molecule has 0 unspecified atom stereocenters. The first kappa shape index (κ1) is 43.7. The van der Waals surface area contributed by atoms with E-state index < -0.39 is 64.4 Å². The number of hydrogen-bond acceptors (Lipinski definition) is 13. The zero-order valence-corrected chi connectivity index (χ0v) is 29.4. The molecule has 0 aliphatic carbocycles. The van der Waals surface area contributed by atoms with Crippen molar-refractivity contribution in [1.82, 2.24) is 60.4 Å². The second-order valence-electron chi connectivity index (χ2n) is 9.69. The molecule has 55 heavy (non-hydrogen) atoms. The first-order chi connectivity index (χ1) is 25.4. The summed E-state index contributed by atoms with van der Waals surface area (Å²) in [6.45, 7) is 0. The minimum Gasteiger partial charge on any atom is -0.397 e. The van der Waals surface area contributed by atoms with Crippen LogP contribution >= 0.6 is 31.9 Å². The fourth-order valence-corrected chi connectivity index (χ4v) is 4.20. The molecule has 0 aromatic carbocycles. The van der Waals surface area contributed by atoms with Crippen molar-refractivity contribution in [2.45, 2.75) is 24.7 Å². The van der Waals surface area contributed by atoms with E-state index in [1.165, 1.54) is 24.7 Å². The monoisotopic (exact) mass is 925 g/mol. The average molecular weight is 927 g/mol. The highest BCUT2D eigenvalue weighted by molar-refractivity contribution is 9.10. The van der Waals surface area contributed by atoms with Crippen molar-refractivity contribution in [3.63, 3.8) is 0 Å². The number of aromatic nitrogens is 12. The average Bonchev–Trinajstić information content (AvgIpc) is 3.81. The lowest BCUT2D eigenvalue weighted by Gasteiger charge is -2.11. The third-order valence-corrected chi connectivity index (χ3v) is 6.67. The molecule has 0 saturated heterocycles. The van der Waals surface area contributed by atoms with Crippen molar-refractivity contribution in [3.8, 4) is 11.6 Å². The van der Waals surface area contributed by atoms with Gasteiger partial charge in [0.15, 0.2) is 11.6 Å². The van der Waals surface area contributed by atoms with Gasteiger partial charge in [-0.05, 0) is 83.0 Å². The molecule has 0 spiro atoms. The highest BCUT2D eigenvalue weighted by Crippen LogP contribution is 2.36. The largest absolute Gasteiger partial charge is 0.420 e. The van der Waals surface area contributed by atoms with Crippen molar-refractivity contribution < 1.29 is 52.7 Å². The van der Waals surface area contributed by atoms with Gasteiger partial charge in [-0.2, -0.15) is 62.0 Å². The van der Waals surface area contributed by atoms with Crippen LogP contribution < -0.4 is 17.2 Å². The summed E-state index contributed by atoms with van der Waals surface area (Å²) in [5.41, 5.74) is 11.5. The van der Waals surface area contributed by atoms with Crippen LogP contribution in [0.4, 0.5) is 70.0 Å². The van der Waals surface area contributed by atoms with E-state index in [9.17, 15) is 52.7 Å². The summed E-state index contributed by atoms with van der Waals surface area (Å²) in [6, 6.07) is 4.68. The van der Waals surface area contributed by atoms with Crippen LogP contribution in [0, 0.1) is 0 Å². The molecule has 6 N–H and O–H groups in total. The molecular weight excluding hydrogens is 910 g/mol. The third kappa shape index (κ3) is 12.7. The SMILES string of the molecule is FC(F)(F)c1cc(Br)cnc1-n1cnnn1.Nc1cnc(-n2cnnn2)c(C(F)(F)F)c1.Nc1ncc(Br)cc1C(F)(F)F.Nc1ncccc1C(F)(F)F. The maximum Gasteiger partial charge on any atom is 0.420 e. The Labute approximate surface area is 314 Å². The van der Waals surface area contributed by atoms with Crippen molar-refractivity contribution in [2.24, 2.45) is 0 Å². The van der Waals surface area contributed by atoms with Gasteiger partial charge < -0.3 is 17.2 Å². The van der Waals surface area contributed by atoms with Crippen molar-refractivity contribution in [1.29, 1.82) is 0 Å². The fourth-order valence-electron chi connectivity index (χ4n) is 3.54. The van der Waals surface area contributed by atoms with Crippen LogP contribution in [-0.2, 0) is 24.7 Å². The van der Waals surface area contributed by atoms with Crippen LogP contribution in [0.3, 0.4) is 0 Å². The molecule has 0 fully saturated rings. The summed E-state index contributed by atoms with van der Waals surface area (Å²) in [4.78, 5) is 13.9. The summed E-state index contributed by atoms with van der Waals surface area (Å²) in [7, 11) is 0.